The highest BCUT2D eigenvalue weighted by Crippen LogP contribution is 2.37. The summed E-state index contributed by atoms with van der Waals surface area (Å²) in [5.74, 6) is 1.60. The zero-order valence-corrected chi connectivity index (χ0v) is 17.6. The summed E-state index contributed by atoms with van der Waals surface area (Å²) >= 11 is 6.17. The molecule has 1 amide bonds. The molecule has 0 bridgehead atoms. The van der Waals surface area contributed by atoms with Crippen LogP contribution in [0.3, 0.4) is 0 Å². The predicted molar refractivity (Wildman–Crippen MR) is 124 cm³/mol. The number of halogens is 1. The summed E-state index contributed by atoms with van der Waals surface area (Å²) in [4.78, 5) is 27.4. The third-order valence-corrected chi connectivity index (χ3v) is 5.27. The first-order chi connectivity index (χ1) is 16.0. The largest absolute Gasteiger partial charge is 0.455 e. The number of rotatable bonds is 4. The molecule has 1 N–H and O–H groups in total. The molecule has 1 aliphatic heterocycles. The van der Waals surface area contributed by atoms with Crippen molar-refractivity contribution in [2.24, 2.45) is 4.99 Å². The van der Waals surface area contributed by atoms with Crippen LogP contribution in [-0.4, -0.2) is 17.0 Å². The van der Waals surface area contributed by atoms with Gasteiger partial charge in [-0.3, -0.25) is 19.9 Å². The van der Waals surface area contributed by atoms with E-state index in [1.165, 1.54) is 24.4 Å². The average molecular weight is 460 g/mol. The fourth-order valence-corrected chi connectivity index (χ4v) is 3.62. The summed E-state index contributed by atoms with van der Waals surface area (Å²) in [6.45, 7) is 0. The molecule has 9 heteroatoms. The molecular formula is C24H14ClN3O5. The lowest BCUT2D eigenvalue weighted by atomic mass is 10.1. The predicted octanol–water partition coefficient (Wildman–Crippen LogP) is 6.62. The van der Waals surface area contributed by atoms with Crippen molar-refractivity contribution in [2.75, 3.05) is 5.32 Å². The Kier molecular flexibility index (Phi) is 5.12. The lowest BCUT2D eigenvalue weighted by molar-refractivity contribution is -0.384. The van der Waals surface area contributed by atoms with Gasteiger partial charge in [0.25, 0.3) is 11.6 Å². The van der Waals surface area contributed by atoms with E-state index in [0.29, 0.717) is 45.5 Å². The monoisotopic (exact) mass is 459 g/mol. The lowest BCUT2D eigenvalue weighted by Crippen LogP contribution is -2.10. The van der Waals surface area contributed by atoms with Crippen molar-refractivity contribution < 1.29 is 18.9 Å². The Morgan fingerprint density at radius 2 is 1.82 bits per heavy atom. The summed E-state index contributed by atoms with van der Waals surface area (Å²) < 4.78 is 11.6. The second-order valence-electron chi connectivity index (χ2n) is 7.11. The molecule has 0 atom stereocenters. The third-order valence-electron chi connectivity index (χ3n) is 4.96. The van der Waals surface area contributed by atoms with Gasteiger partial charge in [-0.1, -0.05) is 23.7 Å². The number of amides is 1. The fourth-order valence-electron chi connectivity index (χ4n) is 3.35. The van der Waals surface area contributed by atoms with Crippen LogP contribution in [0.4, 0.5) is 17.1 Å². The zero-order valence-electron chi connectivity index (χ0n) is 16.8. The molecule has 0 radical (unpaired) electrons. The number of anilines is 1. The average Bonchev–Trinajstić information content (AvgIpc) is 3.22. The topological polar surface area (TPSA) is 107 Å². The van der Waals surface area contributed by atoms with Crippen molar-refractivity contribution in [1.82, 2.24) is 0 Å². The number of furan rings is 1. The van der Waals surface area contributed by atoms with Crippen molar-refractivity contribution >= 4 is 40.8 Å². The SMILES string of the molecule is O=C1Nc2ccccc2Oc2ccc(N=Cc3ccc(-c4ccc([N+](=O)[O-])cc4Cl)o3)cc21. The van der Waals surface area contributed by atoms with Gasteiger partial charge >= 0.3 is 0 Å². The van der Waals surface area contributed by atoms with Crippen LogP contribution in [0.2, 0.25) is 5.02 Å². The maximum atomic E-state index is 12.6. The molecule has 2 heterocycles. The highest BCUT2D eigenvalue weighted by Gasteiger charge is 2.21. The van der Waals surface area contributed by atoms with E-state index >= 15 is 0 Å². The van der Waals surface area contributed by atoms with Crippen LogP contribution in [0.15, 0.2) is 82.2 Å². The third kappa shape index (κ3) is 4.07. The molecule has 5 rings (SSSR count). The smallest absolute Gasteiger partial charge is 0.270 e. The van der Waals surface area contributed by atoms with E-state index in [2.05, 4.69) is 10.3 Å². The number of nitrogens with zero attached hydrogens (tertiary/aromatic N) is 2. The van der Waals surface area contributed by atoms with Crippen molar-refractivity contribution in [2.45, 2.75) is 0 Å². The molecule has 1 aromatic heterocycles. The zero-order chi connectivity index (χ0) is 22.9. The quantitative estimate of drug-likeness (QED) is 0.210. The minimum Gasteiger partial charge on any atom is -0.455 e. The molecule has 162 valence electrons. The second kappa shape index (κ2) is 8.25. The van der Waals surface area contributed by atoms with Crippen molar-refractivity contribution in [3.63, 3.8) is 0 Å². The van der Waals surface area contributed by atoms with E-state index in [0.717, 1.165) is 0 Å². The number of ether oxygens (including phenoxy) is 1. The standard InChI is InChI=1S/C24H14ClN3O5/c25-19-12-15(28(30)31)6-8-17(19)21-10-7-16(32-21)13-26-14-5-9-22-18(11-14)24(29)27-20-3-1-2-4-23(20)33-22/h1-13H,(H,27,29). The maximum Gasteiger partial charge on any atom is 0.270 e. The highest BCUT2D eigenvalue weighted by atomic mass is 35.5. The Morgan fingerprint density at radius 1 is 0.970 bits per heavy atom. The van der Waals surface area contributed by atoms with E-state index in [1.807, 2.05) is 12.1 Å². The Labute approximate surface area is 192 Å². The summed E-state index contributed by atoms with van der Waals surface area (Å²) in [6.07, 6.45) is 1.51. The molecule has 0 saturated carbocycles. The highest BCUT2D eigenvalue weighted by molar-refractivity contribution is 6.33. The van der Waals surface area contributed by atoms with Crippen molar-refractivity contribution in [3.8, 4) is 22.8 Å². The van der Waals surface area contributed by atoms with Crippen LogP contribution in [0.5, 0.6) is 11.5 Å². The van der Waals surface area contributed by atoms with E-state index in [-0.39, 0.29) is 16.6 Å². The summed E-state index contributed by atoms with van der Waals surface area (Å²) in [5.41, 5.74) is 1.91. The number of non-ortho nitro benzene ring substituents is 1. The van der Waals surface area contributed by atoms with E-state index in [1.54, 1.807) is 42.5 Å². The first kappa shape index (κ1) is 20.5. The Balaban J connectivity index is 1.38. The van der Waals surface area contributed by atoms with Crippen LogP contribution >= 0.6 is 11.6 Å². The van der Waals surface area contributed by atoms with Crippen LogP contribution in [0, 0.1) is 10.1 Å². The summed E-state index contributed by atoms with van der Waals surface area (Å²) in [5, 5.41) is 13.9. The van der Waals surface area contributed by atoms with Crippen LogP contribution in [0.25, 0.3) is 11.3 Å². The number of hydrogen-bond donors (Lipinski definition) is 1. The van der Waals surface area contributed by atoms with Gasteiger partial charge in [-0.25, -0.2) is 0 Å². The lowest BCUT2D eigenvalue weighted by Gasteiger charge is -2.07. The molecular weight excluding hydrogens is 446 g/mol. The van der Waals surface area contributed by atoms with Gasteiger partial charge in [0.2, 0.25) is 0 Å². The van der Waals surface area contributed by atoms with Crippen molar-refractivity contribution in [1.29, 1.82) is 0 Å². The number of para-hydroxylation sites is 2. The van der Waals surface area contributed by atoms with Gasteiger partial charge in [0.15, 0.2) is 5.75 Å². The van der Waals surface area contributed by atoms with Gasteiger partial charge in [0.1, 0.15) is 17.3 Å². The van der Waals surface area contributed by atoms with Gasteiger partial charge in [0.05, 0.1) is 33.1 Å². The second-order valence-corrected chi connectivity index (χ2v) is 7.52. The molecule has 0 fully saturated rings. The normalized spacial score (nSPS) is 12.5. The molecule has 1 aliphatic rings. The van der Waals surface area contributed by atoms with E-state index in [9.17, 15) is 14.9 Å². The van der Waals surface area contributed by atoms with Crippen LogP contribution in [-0.2, 0) is 0 Å². The summed E-state index contributed by atoms with van der Waals surface area (Å²) in [7, 11) is 0. The van der Waals surface area contributed by atoms with Gasteiger partial charge < -0.3 is 14.5 Å². The van der Waals surface area contributed by atoms with Gasteiger partial charge in [-0.2, -0.15) is 0 Å². The number of fused-ring (bicyclic) bond motifs is 2. The number of carbonyl (C=O) groups is 1. The van der Waals surface area contributed by atoms with Crippen LogP contribution < -0.4 is 10.1 Å². The maximum absolute atomic E-state index is 12.6. The molecule has 0 aliphatic carbocycles. The number of carbonyl (C=O) groups excluding carboxylic acids is 1. The van der Waals surface area contributed by atoms with E-state index in [4.69, 9.17) is 20.8 Å². The number of nitro benzene ring substituents is 1. The molecule has 0 spiro atoms. The molecule has 0 unspecified atom stereocenters. The van der Waals surface area contributed by atoms with Gasteiger partial charge in [-0.15, -0.1) is 0 Å². The molecule has 33 heavy (non-hydrogen) atoms. The first-order valence-electron chi connectivity index (χ1n) is 9.78. The van der Waals surface area contributed by atoms with E-state index < -0.39 is 4.92 Å². The van der Waals surface area contributed by atoms with Gasteiger partial charge in [0, 0.05) is 17.7 Å². The van der Waals surface area contributed by atoms with Gasteiger partial charge in [-0.05, 0) is 48.5 Å². The minimum absolute atomic E-state index is 0.101. The van der Waals surface area contributed by atoms with Crippen molar-refractivity contribution in [3.05, 3.63) is 99.3 Å². The molecule has 3 aromatic carbocycles. The molecule has 4 aromatic rings. The number of benzene rings is 3. The molecule has 0 saturated heterocycles. The fraction of sp³-hybridized carbons (Fsp3) is 0. The number of nitro groups is 1. The Hall–Kier alpha value is -4.43. The Morgan fingerprint density at radius 3 is 2.64 bits per heavy atom. The number of aliphatic imine (C=N–C) groups is 1. The summed E-state index contributed by atoms with van der Waals surface area (Å²) in [6, 6.07) is 19.8. The first-order valence-corrected chi connectivity index (χ1v) is 10.2. The minimum atomic E-state index is -0.513. The molecule has 8 nitrogen and oxygen atoms in total. The Bertz CT molecular complexity index is 1440. The number of nitrogens with one attached hydrogen (secondary N) is 1. The number of hydrogen-bond acceptors (Lipinski definition) is 6. The van der Waals surface area contributed by atoms with Crippen LogP contribution in [0.1, 0.15) is 16.1 Å².